The molecule has 1 saturated heterocycles. The van der Waals surface area contributed by atoms with Gasteiger partial charge in [-0.25, -0.2) is 0 Å². The highest BCUT2D eigenvalue weighted by molar-refractivity contribution is 7.10. The Balaban J connectivity index is 1.54. The summed E-state index contributed by atoms with van der Waals surface area (Å²) in [4.78, 5) is 15.5. The topological polar surface area (TPSA) is 98.4 Å². The van der Waals surface area contributed by atoms with E-state index in [9.17, 15) is 10.1 Å². The van der Waals surface area contributed by atoms with Gasteiger partial charge in [0, 0.05) is 11.9 Å². The molecule has 31 heavy (non-hydrogen) atoms. The van der Waals surface area contributed by atoms with Crippen molar-refractivity contribution in [1.29, 1.82) is 10.7 Å². The second kappa shape index (κ2) is 7.45. The number of hydrogen-bond donors (Lipinski definition) is 2. The number of guanidine groups is 1. The molecule has 0 saturated carbocycles. The number of nitrogens with one attached hydrogen (secondary N) is 2. The van der Waals surface area contributed by atoms with E-state index < -0.39 is 12.0 Å². The number of carbonyl (C=O) groups is 1. The Hall–Kier alpha value is -3.83. The Morgan fingerprint density at radius 2 is 2.00 bits per heavy atom. The van der Waals surface area contributed by atoms with Crippen molar-refractivity contribution in [1.82, 2.24) is 10.2 Å². The third-order valence-electron chi connectivity index (χ3n) is 5.56. The van der Waals surface area contributed by atoms with Crippen molar-refractivity contribution >= 4 is 23.2 Å². The maximum atomic E-state index is 13.2. The van der Waals surface area contributed by atoms with Gasteiger partial charge in [0.15, 0.2) is 17.5 Å². The lowest BCUT2D eigenvalue weighted by Gasteiger charge is -2.37. The van der Waals surface area contributed by atoms with Crippen LogP contribution in [0.25, 0.3) is 11.1 Å². The van der Waals surface area contributed by atoms with Gasteiger partial charge in [-0.05, 0) is 52.4 Å². The number of fused-ring (bicyclic) bond motifs is 1. The van der Waals surface area contributed by atoms with Gasteiger partial charge in [-0.15, -0.1) is 11.3 Å². The highest BCUT2D eigenvalue weighted by Crippen LogP contribution is 2.42. The van der Waals surface area contributed by atoms with Crippen LogP contribution in [-0.2, 0) is 4.79 Å². The number of carbonyl (C=O) groups excluding carboxylic acids is 1. The number of thiophene rings is 1. The number of ether oxygens (including phenoxy) is 2. The first kappa shape index (κ1) is 19.2. The van der Waals surface area contributed by atoms with E-state index in [2.05, 4.69) is 11.4 Å². The van der Waals surface area contributed by atoms with E-state index >= 15 is 0 Å². The van der Waals surface area contributed by atoms with Crippen molar-refractivity contribution in [3.05, 3.63) is 69.9 Å². The molecule has 0 unspecified atom stereocenters. The smallest absolute Gasteiger partial charge is 0.239 e. The average Bonchev–Trinajstić information content (AvgIpc) is 3.46. The second-order valence-electron chi connectivity index (χ2n) is 7.39. The van der Waals surface area contributed by atoms with Crippen molar-refractivity contribution in [2.75, 3.05) is 13.8 Å². The number of rotatable bonds is 3. The summed E-state index contributed by atoms with van der Waals surface area (Å²) in [5.41, 5.74) is 3.31. The van der Waals surface area contributed by atoms with Crippen LogP contribution >= 0.6 is 11.3 Å². The lowest BCUT2D eigenvalue weighted by atomic mass is 9.87. The molecule has 3 heterocycles. The minimum atomic E-state index is -0.523. The summed E-state index contributed by atoms with van der Waals surface area (Å²) < 4.78 is 10.9. The summed E-state index contributed by atoms with van der Waals surface area (Å²) >= 11 is 1.52. The quantitative estimate of drug-likeness (QED) is 0.658. The molecule has 5 rings (SSSR count). The first-order valence-electron chi connectivity index (χ1n) is 9.66. The molecule has 2 aliphatic heterocycles. The summed E-state index contributed by atoms with van der Waals surface area (Å²) in [6.45, 7) is 0.166. The molecule has 2 N–H and O–H groups in total. The maximum Gasteiger partial charge on any atom is 0.239 e. The van der Waals surface area contributed by atoms with E-state index in [0.717, 1.165) is 21.6 Å². The molecule has 0 aliphatic carbocycles. The third kappa shape index (κ3) is 3.29. The van der Waals surface area contributed by atoms with Crippen molar-refractivity contribution in [3.63, 3.8) is 0 Å². The molecule has 1 fully saturated rings. The zero-order valence-electron chi connectivity index (χ0n) is 16.6. The van der Waals surface area contributed by atoms with Crippen LogP contribution in [0.3, 0.4) is 0 Å². The van der Waals surface area contributed by atoms with E-state index in [1.807, 2.05) is 47.8 Å². The van der Waals surface area contributed by atoms with Gasteiger partial charge < -0.3 is 14.8 Å². The summed E-state index contributed by atoms with van der Waals surface area (Å²) in [6, 6.07) is 16.7. The molecule has 7 nitrogen and oxygen atoms in total. The Morgan fingerprint density at radius 3 is 2.84 bits per heavy atom. The van der Waals surface area contributed by atoms with Crippen molar-refractivity contribution < 1.29 is 14.3 Å². The third-order valence-corrected chi connectivity index (χ3v) is 6.58. The van der Waals surface area contributed by atoms with Crippen molar-refractivity contribution in [3.8, 4) is 28.7 Å². The fourth-order valence-corrected chi connectivity index (χ4v) is 4.91. The van der Waals surface area contributed by atoms with Gasteiger partial charge in [-0.2, -0.15) is 5.26 Å². The number of likely N-dealkylation sites (N-methyl/N-ethyl adjacent to an activating group) is 1. The van der Waals surface area contributed by atoms with Crippen LogP contribution in [0, 0.1) is 16.7 Å². The van der Waals surface area contributed by atoms with Crippen LogP contribution in [0.4, 0.5) is 0 Å². The van der Waals surface area contributed by atoms with Crippen molar-refractivity contribution in [2.45, 2.75) is 12.0 Å². The first-order chi connectivity index (χ1) is 15.0. The van der Waals surface area contributed by atoms with Gasteiger partial charge in [0.1, 0.15) is 0 Å². The predicted octanol–water partition coefficient (Wildman–Crippen LogP) is 3.84. The lowest BCUT2D eigenvalue weighted by molar-refractivity contribution is -0.130. The number of nitrogens with zero attached hydrogens (tertiary/aromatic N) is 2. The molecule has 0 spiro atoms. The Bertz CT molecular complexity index is 1250. The normalized spacial score (nSPS) is 19.8. The largest absolute Gasteiger partial charge is 0.454 e. The van der Waals surface area contributed by atoms with Gasteiger partial charge in [-0.3, -0.25) is 15.1 Å². The molecule has 0 radical (unpaired) electrons. The van der Waals surface area contributed by atoms with Gasteiger partial charge >= 0.3 is 0 Å². The van der Waals surface area contributed by atoms with Gasteiger partial charge in [0.05, 0.1) is 23.6 Å². The molecule has 154 valence electrons. The molecule has 2 aliphatic rings. The number of nitriles is 1. The Kier molecular flexibility index (Phi) is 4.60. The molecule has 1 aromatic heterocycles. The molecular weight excluding hydrogens is 412 g/mol. The van der Waals surface area contributed by atoms with Crippen molar-refractivity contribution in [2.24, 2.45) is 0 Å². The molecular formula is C23H18N4O3S. The summed E-state index contributed by atoms with van der Waals surface area (Å²) in [5, 5.41) is 22.6. The predicted molar refractivity (Wildman–Crippen MR) is 116 cm³/mol. The fourth-order valence-electron chi connectivity index (χ4n) is 3.90. The van der Waals surface area contributed by atoms with Gasteiger partial charge in [0.2, 0.25) is 12.7 Å². The molecule has 2 atom stereocenters. The second-order valence-corrected chi connectivity index (χ2v) is 8.33. The lowest BCUT2D eigenvalue weighted by Crippen LogP contribution is -2.53. The standard InChI is InChI=1S/C23H18N4O3S/c1-27-22(28)20(15-5-6-17-18(8-15)30-12-29-17)21(26-23(27)25)19-9-16(11-31-19)14-4-2-3-13(7-14)10-24/h2-9,11,20-21H,12H2,1H3,(H2,25,26)/t20-,21-/m1/s1. The Morgan fingerprint density at radius 1 is 1.16 bits per heavy atom. The summed E-state index contributed by atoms with van der Waals surface area (Å²) in [6.07, 6.45) is 0. The Labute approximate surface area is 183 Å². The van der Waals surface area contributed by atoms with E-state index in [-0.39, 0.29) is 18.7 Å². The van der Waals surface area contributed by atoms with E-state index in [4.69, 9.17) is 14.9 Å². The van der Waals surface area contributed by atoms with Crippen LogP contribution in [0.5, 0.6) is 11.5 Å². The van der Waals surface area contributed by atoms with Gasteiger partial charge in [-0.1, -0.05) is 18.2 Å². The monoisotopic (exact) mass is 430 g/mol. The van der Waals surface area contributed by atoms with Crippen LogP contribution < -0.4 is 14.8 Å². The first-order valence-corrected chi connectivity index (χ1v) is 10.5. The molecule has 8 heteroatoms. The minimum Gasteiger partial charge on any atom is -0.454 e. The van der Waals surface area contributed by atoms with Gasteiger partial charge in [0.25, 0.3) is 0 Å². The van der Waals surface area contributed by atoms with E-state index in [0.29, 0.717) is 17.1 Å². The van der Waals surface area contributed by atoms with E-state index in [1.165, 1.54) is 16.2 Å². The number of benzene rings is 2. The minimum absolute atomic E-state index is 0.0634. The summed E-state index contributed by atoms with van der Waals surface area (Å²) in [5.74, 6) is 0.661. The highest BCUT2D eigenvalue weighted by atomic mass is 32.1. The number of amides is 1. The van der Waals surface area contributed by atoms with Crippen LogP contribution in [0.15, 0.2) is 53.9 Å². The van der Waals surface area contributed by atoms with E-state index in [1.54, 1.807) is 13.1 Å². The zero-order valence-corrected chi connectivity index (χ0v) is 17.4. The average molecular weight is 430 g/mol. The summed E-state index contributed by atoms with van der Waals surface area (Å²) in [7, 11) is 1.60. The highest BCUT2D eigenvalue weighted by Gasteiger charge is 2.40. The SMILES string of the molecule is CN1C(=N)N[C@H](c2cc(-c3cccc(C#N)c3)cs2)[C@@H](c2ccc3c(c2)OCO3)C1=O. The molecule has 0 bridgehead atoms. The van der Waals surface area contributed by atoms with Crippen LogP contribution in [0.1, 0.15) is 28.0 Å². The fraction of sp³-hybridized carbons (Fsp3) is 0.174. The van der Waals surface area contributed by atoms with Crippen LogP contribution in [-0.4, -0.2) is 30.6 Å². The van der Waals surface area contributed by atoms with Crippen LogP contribution in [0.2, 0.25) is 0 Å². The number of hydrogen-bond acceptors (Lipinski definition) is 6. The molecule has 2 aromatic carbocycles. The molecule has 1 amide bonds. The zero-order chi connectivity index (χ0) is 21.5. The maximum absolute atomic E-state index is 13.2. The molecule has 3 aromatic rings.